The van der Waals surface area contributed by atoms with Gasteiger partial charge in [-0.1, -0.05) is 24.9 Å². The number of carbonyl (C=O) groups excluding carboxylic acids is 1. The molecule has 21 heavy (non-hydrogen) atoms. The van der Waals surface area contributed by atoms with Crippen molar-refractivity contribution in [3.63, 3.8) is 0 Å². The predicted molar refractivity (Wildman–Crippen MR) is 85.0 cm³/mol. The van der Waals surface area contributed by atoms with E-state index in [0.29, 0.717) is 23.8 Å². The van der Waals surface area contributed by atoms with Crippen LogP contribution in [0.1, 0.15) is 39.0 Å². The largest absolute Gasteiger partial charge is 0.353 e. The third-order valence-corrected chi connectivity index (χ3v) is 3.99. The maximum Gasteiger partial charge on any atom is 0.224 e. The second kappa shape index (κ2) is 7.80. The van der Waals surface area contributed by atoms with Crippen LogP contribution in [0, 0.1) is 0 Å². The van der Waals surface area contributed by atoms with Crippen LogP contribution in [0.25, 0.3) is 0 Å². The number of carbonyl (C=O) groups is 1. The van der Waals surface area contributed by atoms with Crippen LogP contribution in [-0.2, 0) is 4.79 Å². The third kappa shape index (κ3) is 4.71. The van der Waals surface area contributed by atoms with Gasteiger partial charge in [-0.05, 0) is 30.9 Å². The normalized spacial score (nSPS) is 18.6. The molecule has 7 heteroatoms. The molecule has 2 heterocycles. The lowest BCUT2D eigenvalue weighted by molar-refractivity contribution is -0.121. The molecule has 0 aromatic carbocycles. The van der Waals surface area contributed by atoms with Crippen molar-refractivity contribution in [2.24, 2.45) is 0 Å². The minimum atomic E-state index is 0.121. The van der Waals surface area contributed by atoms with Crippen molar-refractivity contribution in [3.8, 4) is 0 Å². The van der Waals surface area contributed by atoms with Crippen molar-refractivity contribution in [2.45, 2.75) is 45.1 Å². The highest BCUT2D eigenvalue weighted by atomic mass is 35.5. The number of aromatic nitrogens is 2. The van der Waals surface area contributed by atoms with Crippen LogP contribution in [0.5, 0.6) is 0 Å². The average molecular weight is 331 g/mol. The monoisotopic (exact) mass is 330 g/mol. The number of anilines is 1. The van der Waals surface area contributed by atoms with Gasteiger partial charge in [-0.25, -0.2) is 4.98 Å². The van der Waals surface area contributed by atoms with E-state index in [2.05, 4.69) is 27.1 Å². The van der Waals surface area contributed by atoms with Crippen LogP contribution in [0.3, 0.4) is 0 Å². The van der Waals surface area contributed by atoms with Gasteiger partial charge in [-0.15, -0.1) is 0 Å². The summed E-state index contributed by atoms with van der Waals surface area (Å²) in [6.07, 6.45) is 6.01. The maximum atomic E-state index is 11.8. The van der Waals surface area contributed by atoms with Crippen LogP contribution >= 0.6 is 23.2 Å². The molecule has 5 nitrogen and oxygen atoms in total. The van der Waals surface area contributed by atoms with Gasteiger partial charge in [0.1, 0.15) is 5.02 Å². The minimum absolute atomic E-state index is 0.121. The second-order valence-electron chi connectivity index (χ2n) is 5.27. The van der Waals surface area contributed by atoms with E-state index in [1.807, 2.05) is 0 Å². The molecule has 0 spiro atoms. The SMILES string of the molecule is CCCCC(=O)NC1CCCN(c2nc(Cl)ncc2Cl)C1. The van der Waals surface area contributed by atoms with Crippen LogP contribution in [0.15, 0.2) is 6.20 Å². The Morgan fingerprint density at radius 2 is 2.33 bits per heavy atom. The quantitative estimate of drug-likeness (QED) is 0.843. The van der Waals surface area contributed by atoms with Gasteiger partial charge < -0.3 is 10.2 Å². The third-order valence-electron chi connectivity index (χ3n) is 3.54. The lowest BCUT2D eigenvalue weighted by Gasteiger charge is -2.34. The second-order valence-corrected chi connectivity index (χ2v) is 6.01. The van der Waals surface area contributed by atoms with Gasteiger partial charge in [0.15, 0.2) is 5.82 Å². The highest BCUT2D eigenvalue weighted by molar-refractivity contribution is 6.33. The number of hydrogen-bond acceptors (Lipinski definition) is 4. The van der Waals surface area contributed by atoms with Crippen molar-refractivity contribution >= 4 is 34.9 Å². The number of nitrogens with zero attached hydrogens (tertiary/aromatic N) is 3. The number of piperidine rings is 1. The summed E-state index contributed by atoms with van der Waals surface area (Å²) >= 11 is 12.0. The Bertz CT molecular complexity index is 498. The molecular formula is C14H20Cl2N4O. The summed E-state index contributed by atoms with van der Waals surface area (Å²) in [7, 11) is 0. The standard InChI is InChI=1S/C14H20Cl2N4O/c1-2-3-6-12(21)18-10-5-4-7-20(9-10)13-11(15)8-17-14(16)19-13/h8,10H,2-7,9H2,1H3,(H,18,21). The van der Waals surface area contributed by atoms with Crippen LogP contribution in [-0.4, -0.2) is 35.0 Å². The Hall–Kier alpha value is -1.07. The molecule has 1 fully saturated rings. The lowest BCUT2D eigenvalue weighted by atomic mass is 10.1. The number of hydrogen-bond donors (Lipinski definition) is 1. The first-order valence-electron chi connectivity index (χ1n) is 7.32. The molecule has 1 saturated heterocycles. The van der Waals surface area contributed by atoms with Gasteiger partial charge in [0, 0.05) is 25.6 Å². The van der Waals surface area contributed by atoms with Gasteiger partial charge >= 0.3 is 0 Å². The van der Waals surface area contributed by atoms with Crippen LogP contribution in [0.2, 0.25) is 10.3 Å². The number of rotatable bonds is 5. The minimum Gasteiger partial charge on any atom is -0.353 e. The molecule has 0 radical (unpaired) electrons. The van der Waals surface area contributed by atoms with Crippen molar-refractivity contribution in [2.75, 3.05) is 18.0 Å². The molecule has 0 bridgehead atoms. The molecule has 1 aromatic rings. The van der Waals surface area contributed by atoms with E-state index in [0.717, 1.165) is 32.2 Å². The zero-order valence-corrected chi connectivity index (χ0v) is 13.6. The first-order chi connectivity index (χ1) is 10.1. The summed E-state index contributed by atoms with van der Waals surface area (Å²) < 4.78 is 0. The molecule has 1 aliphatic heterocycles. The molecule has 1 aliphatic rings. The van der Waals surface area contributed by atoms with Crippen molar-refractivity contribution in [3.05, 3.63) is 16.5 Å². The van der Waals surface area contributed by atoms with E-state index in [-0.39, 0.29) is 17.2 Å². The molecule has 1 amide bonds. The fourth-order valence-corrected chi connectivity index (χ4v) is 2.82. The lowest BCUT2D eigenvalue weighted by Crippen LogP contribution is -2.48. The summed E-state index contributed by atoms with van der Waals surface area (Å²) in [5.74, 6) is 0.764. The smallest absolute Gasteiger partial charge is 0.224 e. The predicted octanol–water partition coefficient (Wildman–Crippen LogP) is 3.06. The van der Waals surface area contributed by atoms with E-state index in [9.17, 15) is 4.79 Å². The van der Waals surface area contributed by atoms with Gasteiger partial charge in [0.25, 0.3) is 0 Å². The van der Waals surface area contributed by atoms with Gasteiger partial charge in [0.2, 0.25) is 11.2 Å². The molecular weight excluding hydrogens is 311 g/mol. The first-order valence-corrected chi connectivity index (χ1v) is 8.08. The number of nitrogens with one attached hydrogen (secondary N) is 1. The van der Waals surface area contributed by atoms with Gasteiger partial charge in [0.05, 0.1) is 6.20 Å². The van der Waals surface area contributed by atoms with E-state index in [4.69, 9.17) is 23.2 Å². The Morgan fingerprint density at radius 3 is 3.10 bits per heavy atom. The number of halogens is 2. The van der Waals surface area contributed by atoms with Gasteiger partial charge in [-0.2, -0.15) is 4.98 Å². The Labute approximate surface area is 135 Å². The summed E-state index contributed by atoms with van der Waals surface area (Å²) in [6.45, 7) is 3.63. The highest BCUT2D eigenvalue weighted by Crippen LogP contribution is 2.26. The average Bonchev–Trinajstić information content (AvgIpc) is 2.48. The Kier molecular flexibility index (Phi) is 6.06. The fourth-order valence-electron chi connectivity index (χ4n) is 2.48. The van der Waals surface area contributed by atoms with E-state index in [1.54, 1.807) is 0 Å². The summed E-state index contributed by atoms with van der Waals surface area (Å²) in [4.78, 5) is 21.9. The summed E-state index contributed by atoms with van der Waals surface area (Å²) in [6, 6.07) is 0.132. The van der Waals surface area contributed by atoms with Crippen molar-refractivity contribution in [1.82, 2.24) is 15.3 Å². The fraction of sp³-hybridized carbons (Fsp3) is 0.643. The zero-order chi connectivity index (χ0) is 15.2. The molecule has 0 saturated carbocycles. The highest BCUT2D eigenvalue weighted by Gasteiger charge is 2.24. The van der Waals surface area contributed by atoms with Crippen LogP contribution < -0.4 is 10.2 Å². The van der Waals surface area contributed by atoms with Crippen molar-refractivity contribution in [1.29, 1.82) is 0 Å². The summed E-state index contributed by atoms with van der Waals surface area (Å²) in [5, 5.41) is 3.75. The molecule has 116 valence electrons. The number of unbranched alkanes of at least 4 members (excludes halogenated alkanes) is 1. The Balaban J connectivity index is 1.97. The zero-order valence-electron chi connectivity index (χ0n) is 12.1. The Morgan fingerprint density at radius 1 is 1.52 bits per heavy atom. The molecule has 1 unspecified atom stereocenters. The van der Waals surface area contributed by atoms with E-state index < -0.39 is 0 Å². The molecule has 1 aromatic heterocycles. The summed E-state index contributed by atoms with van der Waals surface area (Å²) in [5.41, 5.74) is 0. The topological polar surface area (TPSA) is 58.1 Å². The van der Waals surface area contributed by atoms with Crippen LogP contribution in [0.4, 0.5) is 5.82 Å². The maximum absolute atomic E-state index is 11.8. The van der Waals surface area contributed by atoms with E-state index in [1.165, 1.54) is 6.20 Å². The number of amides is 1. The molecule has 1 N–H and O–H groups in total. The van der Waals surface area contributed by atoms with E-state index >= 15 is 0 Å². The molecule has 0 aliphatic carbocycles. The molecule has 2 rings (SSSR count). The van der Waals surface area contributed by atoms with Crippen molar-refractivity contribution < 1.29 is 4.79 Å². The first kappa shape index (κ1) is 16.3. The van der Waals surface area contributed by atoms with Gasteiger partial charge in [-0.3, -0.25) is 4.79 Å². The molecule has 1 atom stereocenters.